The average Bonchev–Trinajstić information content (AvgIpc) is 2.96. The van der Waals surface area contributed by atoms with E-state index in [2.05, 4.69) is 10.2 Å². The van der Waals surface area contributed by atoms with Crippen molar-refractivity contribution >= 4 is 29.3 Å². The zero-order chi connectivity index (χ0) is 16.2. The molecule has 120 valence electrons. The summed E-state index contributed by atoms with van der Waals surface area (Å²) >= 11 is 7.45. The van der Waals surface area contributed by atoms with Crippen LogP contribution in [-0.2, 0) is 11.4 Å². The van der Waals surface area contributed by atoms with Gasteiger partial charge in [-0.2, -0.15) is 0 Å². The molecule has 1 amide bonds. The number of carbonyl (C=O) groups excluding carboxylic acids is 1. The number of amides is 1. The van der Waals surface area contributed by atoms with Crippen molar-refractivity contribution in [3.63, 3.8) is 0 Å². The molecule has 0 atom stereocenters. The molecule has 1 aromatic carbocycles. The van der Waals surface area contributed by atoms with E-state index in [4.69, 9.17) is 16.3 Å². The van der Waals surface area contributed by atoms with E-state index in [1.165, 1.54) is 11.8 Å². The number of thioether (sulfide) groups is 1. The summed E-state index contributed by atoms with van der Waals surface area (Å²) in [5.74, 6) is 1.51. The quantitative estimate of drug-likeness (QED) is 0.776. The first-order valence-electron chi connectivity index (χ1n) is 7.07. The summed E-state index contributed by atoms with van der Waals surface area (Å²) in [6.45, 7) is 2.56. The number of aromatic nitrogens is 3. The number of nitrogens with zero attached hydrogens (tertiary/aromatic N) is 4. The minimum Gasteiger partial charge on any atom is -0.484 e. The van der Waals surface area contributed by atoms with Crippen molar-refractivity contribution in [2.75, 3.05) is 17.3 Å². The highest BCUT2D eigenvalue weighted by molar-refractivity contribution is 7.99. The molecule has 1 aromatic heterocycles. The number of hydrogen-bond donors (Lipinski definition) is 0. The highest BCUT2D eigenvalue weighted by Crippen LogP contribution is 2.26. The van der Waals surface area contributed by atoms with E-state index in [9.17, 15) is 4.79 Å². The van der Waals surface area contributed by atoms with Crippen molar-refractivity contribution in [2.45, 2.75) is 18.7 Å². The smallest absolute Gasteiger partial charge is 0.252 e. The van der Waals surface area contributed by atoms with Crippen molar-refractivity contribution in [1.29, 1.82) is 0 Å². The summed E-state index contributed by atoms with van der Waals surface area (Å²) in [4.78, 5) is 12.2. The Hall–Kier alpha value is -1.99. The van der Waals surface area contributed by atoms with Gasteiger partial charge in [0.1, 0.15) is 12.4 Å². The van der Waals surface area contributed by atoms with Gasteiger partial charge in [0.15, 0.2) is 5.82 Å². The summed E-state index contributed by atoms with van der Waals surface area (Å²) in [5.41, 5.74) is 0. The topological polar surface area (TPSA) is 60.3 Å². The van der Waals surface area contributed by atoms with Crippen LogP contribution < -0.4 is 9.75 Å². The predicted molar refractivity (Wildman–Crippen MR) is 89.4 cm³/mol. The Morgan fingerprint density at radius 2 is 2.22 bits per heavy atom. The first kappa shape index (κ1) is 15.9. The normalized spacial score (nSPS) is 14.3. The van der Waals surface area contributed by atoms with Crippen LogP contribution in [0, 0.1) is 0 Å². The summed E-state index contributed by atoms with van der Waals surface area (Å²) in [6, 6.07) is 7.22. The summed E-state index contributed by atoms with van der Waals surface area (Å²) in [6.07, 6.45) is 3.81. The van der Waals surface area contributed by atoms with Crippen molar-refractivity contribution < 1.29 is 9.53 Å². The van der Waals surface area contributed by atoms with Crippen LogP contribution >= 0.6 is 23.4 Å². The molecule has 3 rings (SSSR count). The number of para-hydroxylation sites is 1. The molecule has 0 spiro atoms. The molecule has 0 fully saturated rings. The lowest BCUT2D eigenvalue weighted by Gasteiger charge is -2.28. The number of halogens is 1. The lowest BCUT2D eigenvalue weighted by Crippen LogP contribution is -2.45. The van der Waals surface area contributed by atoms with Crippen molar-refractivity contribution in [1.82, 2.24) is 14.9 Å². The third-order valence-electron chi connectivity index (χ3n) is 3.24. The van der Waals surface area contributed by atoms with Gasteiger partial charge in [0.25, 0.3) is 5.91 Å². The van der Waals surface area contributed by atoms with Crippen LogP contribution in [0.1, 0.15) is 12.7 Å². The second kappa shape index (κ2) is 7.06. The molecule has 0 unspecified atom stereocenters. The molecular weight excluding hydrogens is 336 g/mol. The van der Waals surface area contributed by atoms with Gasteiger partial charge in [0, 0.05) is 0 Å². The van der Waals surface area contributed by atoms with Gasteiger partial charge in [0.05, 0.1) is 17.3 Å². The molecule has 2 heterocycles. The molecule has 0 aliphatic carbocycles. The fraction of sp³-hybridized carbons (Fsp3) is 0.267. The maximum atomic E-state index is 12.2. The van der Waals surface area contributed by atoms with Gasteiger partial charge >= 0.3 is 0 Å². The highest BCUT2D eigenvalue weighted by Gasteiger charge is 2.28. The van der Waals surface area contributed by atoms with Gasteiger partial charge in [-0.1, -0.05) is 47.6 Å². The molecular formula is C15H15ClN4O2S. The Morgan fingerprint density at radius 3 is 3.00 bits per heavy atom. The van der Waals surface area contributed by atoms with Crippen LogP contribution in [0.25, 0.3) is 0 Å². The minimum absolute atomic E-state index is 0.0133. The zero-order valence-corrected chi connectivity index (χ0v) is 14.0. The minimum atomic E-state index is 0.0133. The third kappa shape index (κ3) is 3.35. The molecule has 1 aliphatic rings. The lowest BCUT2D eigenvalue weighted by atomic mass is 10.3. The monoisotopic (exact) mass is 350 g/mol. The van der Waals surface area contributed by atoms with Gasteiger partial charge in [-0.15, -0.1) is 10.2 Å². The van der Waals surface area contributed by atoms with E-state index in [1.54, 1.807) is 21.8 Å². The largest absolute Gasteiger partial charge is 0.484 e. The van der Waals surface area contributed by atoms with E-state index in [0.717, 1.165) is 0 Å². The molecule has 0 saturated carbocycles. The van der Waals surface area contributed by atoms with E-state index in [0.29, 0.717) is 34.1 Å². The first-order valence-corrected chi connectivity index (χ1v) is 8.43. The fourth-order valence-corrected chi connectivity index (χ4v) is 3.14. The number of fused-ring (bicyclic) bond motifs is 1. The standard InChI is InChI=1S/C15H15ClN4O2S/c1-2-3-8-19-14(21)10-23-15-18-17-13(20(15)19)9-22-12-7-5-4-6-11(12)16/h2-7H,8-10H2,1H3/b3-2+. The predicted octanol–water partition coefficient (Wildman–Crippen LogP) is 2.66. The van der Waals surface area contributed by atoms with Gasteiger partial charge in [-0.05, 0) is 19.1 Å². The van der Waals surface area contributed by atoms with Crippen molar-refractivity contribution in [3.8, 4) is 5.75 Å². The van der Waals surface area contributed by atoms with E-state index in [1.807, 2.05) is 31.2 Å². The van der Waals surface area contributed by atoms with Crippen LogP contribution in [0.3, 0.4) is 0 Å². The first-order chi connectivity index (χ1) is 11.2. The van der Waals surface area contributed by atoms with Gasteiger partial charge in [-0.3, -0.25) is 4.79 Å². The molecule has 0 bridgehead atoms. The molecule has 0 saturated heterocycles. The van der Waals surface area contributed by atoms with Crippen LogP contribution in [-0.4, -0.2) is 33.1 Å². The van der Waals surface area contributed by atoms with Crippen LogP contribution in [0.5, 0.6) is 5.75 Å². The van der Waals surface area contributed by atoms with Crippen molar-refractivity contribution in [3.05, 3.63) is 47.3 Å². The summed E-state index contributed by atoms with van der Waals surface area (Å²) in [7, 11) is 0. The van der Waals surface area contributed by atoms with Gasteiger partial charge in [-0.25, -0.2) is 9.69 Å². The summed E-state index contributed by atoms with van der Waals surface area (Å²) in [5, 5.41) is 11.1. The number of benzene rings is 1. The number of hydrogen-bond acceptors (Lipinski definition) is 5. The zero-order valence-electron chi connectivity index (χ0n) is 12.5. The molecule has 1 aliphatic heterocycles. The average molecular weight is 351 g/mol. The van der Waals surface area contributed by atoms with E-state index < -0.39 is 0 Å². The fourth-order valence-electron chi connectivity index (χ4n) is 2.12. The molecule has 8 heteroatoms. The van der Waals surface area contributed by atoms with Gasteiger partial charge in [0.2, 0.25) is 5.16 Å². The number of rotatable bonds is 5. The maximum Gasteiger partial charge on any atom is 0.252 e. The lowest BCUT2D eigenvalue weighted by molar-refractivity contribution is -0.117. The number of carbonyl (C=O) groups is 1. The Bertz CT molecular complexity index is 747. The second-order valence-electron chi connectivity index (χ2n) is 4.76. The molecule has 0 N–H and O–H groups in total. The Labute approximate surface area is 143 Å². The second-order valence-corrected chi connectivity index (χ2v) is 6.11. The third-order valence-corrected chi connectivity index (χ3v) is 4.45. The molecule has 0 radical (unpaired) electrons. The Kier molecular flexibility index (Phi) is 4.88. The van der Waals surface area contributed by atoms with Crippen LogP contribution in [0.4, 0.5) is 0 Å². The van der Waals surface area contributed by atoms with Crippen LogP contribution in [0.15, 0.2) is 41.6 Å². The maximum absolute atomic E-state index is 12.2. The number of ether oxygens (including phenoxy) is 1. The van der Waals surface area contributed by atoms with E-state index in [-0.39, 0.29) is 12.5 Å². The Morgan fingerprint density at radius 1 is 1.39 bits per heavy atom. The highest BCUT2D eigenvalue weighted by atomic mass is 35.5. The summed E-state index contributed by atoms with van der Waals surface area (Å²) < 4.78 is 7.43. The molecule has 2 aromatic rings. The molecule has 6 nitrogen and oxygen atoms in total. The molecule has 23 heavy (non-hydrogen) atoms. The SMILES string of the molecule is C/C=C/CN1C(=O)CSc2nnc(COc3ccccc3Cl)n21. The van der Waals surface area contributed by atoms with Gasteiger partial charge < -0.3 is 4.74 Å². The van der Waals surface area contributed by atoms with Crippen LogP contribution in [0.2, 0.25) is 5.02 Å². The number of allylic oxidation sites excluding steroid dienone is 1. The Balaban J connectivity index is 1.83. The van der Waals surface area contributed by atoms with E-state index >= 15 is 0 Å². The van der Waals surface area contributed by atoms with Crippen molar-refractivity contribution in [2.24, 2.45) is 0 Å².